The average molecular weight is 512 g/mol. The Kier molecular flexibility index (Phi) is 10.7. The van der Waals surface area contributed by atoms with Gasteiger partial charge in [0.25, 0.3) is 0 Å². The second-order valence-electron chi connectivity index (χ2n) is 10.6. The lowest BCUT2D eigenvalue weighted by molar-refractivity contribution is -0.144. The van der Waals surface area contributed by atoms with E-state index in [1.54, 1.807) is 34.6 Å². The molecule has 0 fully saturated rings. The predicted molar refractivity (Wildman–Crippen MR) is 144 cm³/mol. The lowest BCUT2D eigenvalue weighted by Crippen LogP contribution is -2.55. The van der Waals surface area contributed by atoms with Crippen molar-refractivity contribution >= 4 is 17.9 Å². The Bertz CT molecular complexity index is 1060. The van der Waals surface area contributed by atoms with Gasteiger partial charge in [0.1, 0.15) is 17.7 Å². The molecule has 8 heteroatoms. The maximum absolute atomic E-state index is 13.9. The minimum absolute atomic E-state index is 0.0884. The van der Waals surface area contributed by atoms with E-state index in [4.69, 9.17) is 4.74 Å². The van der Waals surface area contributed by atoms with Crippen molar-refractivity contribution in [3.05, 3.63) is 70.8 Å². The fourth-order valence-electron chi connectivity index (χ4n) is 3.99. The molecule has 2 atom stereocenters. The molecule has 0 aliphatic heterocycles. The van der Waals surface area contributed by atoms with E-state index in [2.05, 4.69) is 10.6 Å². The summed E-state index contributed by atoms with van der Waals surface area (Å²) in [6, 6.07) is 13.2. The second-order valence-corrected chi connectivity index (χ2v) is 10.6. The van der Waals surface area contributed by atoms with E-state index >= 15 is 0 Å². The molecular weight excluding hydrogens is 470 g/mol. The number of carbonyl (C=O) groups excluding carboxylic acids is 3. The standard InChI is InChI=1S/C29H41N3O5/c1-19(2)24(31-28(36)37-29(5,6)7)27(35)32(15-16-33)25(23-17-20(3)13-14-21(23)4)26(34)30-18-22-11-9-8-10-12-22/h8-14,17,19,24-25,33H,15-16,18H2,1-7H3,(H,30,34)(H,31,36). The Hall–Kier alpha value is -3.39. The number of benzene rings is 2. The third kappa shape index (κ3) is 8.89. The zero-order valence-corrected chi connectivity index (χ0v) is 23.0. The molecule has 8 nitrogen and oxygen atoms in total. The molecular formula is C29H41N3O5. The van der Waals surface area contributed by atoms with E-state index < -0.39 is 29.7 Å². The lowest BCUT2D eigenvalue weighted by atomic mass is 9.95. The summed E-state index contributed by atoms with van der Waals surface area (Å²) in [6.45, 7) is 12.5. The van der Waals surface area contributed by atoms with E-state index in [0.29, 0.717) is 5.56 Å². The van der Waals surface area contributed by atoms with Gasteiger partial charge in [-0.3, -0.25) is 9.59 Å². The van der Waals surface area contributed by atoms with Gasteiger partial charge in [0, 0.05) is 13.1 Å². The van der Waals surface area contributed by atoms with Crippen LogP contribution in [0.3, 0.4) is 0 Å². The normalized spacial score (nSPS) is 13.0. The van der Waals surface area contributed by atoms with E-state index in [-0.39, 0.29) is 31.5 Å². The molecule has 0 saturated carbocycles. The van der Waals surface area contributed by atoms with Gasteiger partial charge in [-0.25, -0.2) is 4.79 Å². The summed E-state index contributed by atoms with van der Waals surface area (Å²) in [5.74, 6) is -1.15. The Morgan fingerprint density at radius 1 is 1.03 bits per heavy atom. The van der Waals surface area contributed by atoms with Crippen molar-refractivity contribution in [1.29, 1.82) is 0 Å². The van der Waals surface area contributed by atoms with Crippen molar-refractivity contribution in [3.63, 3.8) is 0 Å². The van der Waals surface area contributed by atoms with Crippen LogP contribution in [0, 0.1) is 19.8 Å². The Balaban J connectivity index is 2.47. The molecule has 0 spiro atoms. The number of amides is 3. The highest BCUT2D eigenvalue weighted by atomic mass is 16.6. The third-order valence-corrected chi connectivity index (χ3v) is 5.83. The fourth-order valence-corrected chi connectivity index (χ4v) is 3.99. The highest BCUT2D eigenvalue weighted by Crippen LogP contribution is 2.27. The van der Waals surface area contributed by atoms with Crippen LogP contribution in [-0.4, -0.2) is 52.7 Å². The first kappa shape index (κ1) is 29.8. The van der Waals surface area contributed by atoms with Gasteiger partial charge in [-0.1, -0.05) is 67.9 Å². The molecule has 0 heterocycles. The molecule has 3 N–H and O–H groups in total. The highest BCUT2D eigenvalue weighted by Gasteiger charge is 2.37. The van der Waals surface area contributed by atoms with Gasteiger partial charge in [-0.05, 0) is 57.2 Å². The van der Waals surface area contributed by atoms with Gasteiger partial charge < -0.3 is 25.4 Å². The van der Waals surface area contributed by atoms with Gasteiger partial charge in [0.15, 0.2) is 0 Å². The number of hydrogen-bond donors (Lipinski definition) is 3. The number of ether oxygens (including phenoxy) is 1. The number of hydrogen-bond acceptors (Lipinski definition) is 5. The van der Waals surface area contributed by atoms with Crippen molar-refractivity contribution in [2.24, 2.45) is 5.92 Å². The number of aryl methyl sites for hydroxylation is 2. The molecule has 0 aliphatic rings. The second kappa shape index (κ2) is 13.2. The van der Waals surface area contributed by atoms with Crippen LogP contribution < -0.4 is 10.6 Å². The van der Waals surface area contributed by atoms with Crippen LogP contribution in [0.1, 0.15) is 62.9 Å². The molecule has 2 unspecified atom stereocenters. The molecule has 3 amide bonds. The summed E-state index contributed by atoms with van der Waals surface area (Å²) in [4.78, 5) is 41.5. The zero-order chi connectivity index (χ0) is 27.8. The SMILES string of the molecule is Cc1ccc(C)c(C(C(=O)NCc2ccccc2)N(CCO)C(=O)C(NC(=O)OC(C)(C)C)C(C)C)c1. The first-order valence-electron chi connectivity index (χ1n) is 12.6. The van der Waals surface area contributed by atoms with Crippen LogP contribution in [0.2, 0.25) is 0 Å². The van der Waals surface area contributed by atoms with Gasteiger partial charge in [-0.15, -0.1) is 0 Å². The maximum Gasteiger partial charge on any atom is 0.408 e. The minimum Gasteiger partial charge on any atom is -0.444 e. The van der Waals surface area contributed by atoms with Crippen molar-refractivity contribution in [3.8, 4) is 0 Å². The number of carbonyl (C=O) groups is 3. The first-order chi connectivity index (χ1) is 17.3. The summed E-state index contributed by atoms with van der Waals surface area (Å²) in [7, 11) is 0. The van der Waals surface area contributed by atoms with Gasteiger partial charge in [0.05, 0.1) is 6.61 Å². The maximum atomic E-state index is 13.9. The minimum atomic E-state index is -1.01. The molecule has 2 aromatic carbocycles. The van der Waals surface area contributed by atoms with Crippen LogP contribution in [0.4, 0.5) is 4.79 Å². The Morgan fingerprint density at radius 2 is 1.68 bits per heavy atom. The molecule has 0 bridgehead atoms. The van der Waals surface area contributed by atoms with E-state index in [1.165, 1.54) is 4.90 Å². The summed E-state index contributed by atoms with van der Waals surface area (Å²) < 4.78 is 5.37. The molecule has 2 rings (SSSR count). The smallest absolute Gasteiger partial charge is 0.408 e. The van der Waals surface area contributed by atoms with E-state index in [9.17, 15) is 19.5 Å². The van der Waals surface area contributed by atoms with Gasteiger partial charge in [-0.2, -0.15) is 0 Å². The summed E-state index contributed by atoms with van der Waals surface area (Å²) >= 11 is 0. The van der Waals surface area contributed by atoms with Crippen LogP contribution in [0.15, 0.2) is 48.5 Å². The molecule has 0 aromatic heterocycles. The lowest BCUT2D eigenvalue weighted by Gasteiger charge is -2.36. The van der Waals surface area contributed by atoms with Crippen LogP contribution >= 0.6 is 0 Å². The topological polar surface area (TPSA) is 108 Å². The summed E-state index contributed by atoms with van der Waals surface area (Å²) in [6.07, 6.45) is -0.722. The highest BCUT2D eigenvalue weighted by molar-refractivity contribution is 5.92. The summed E-state index contributed by atoms with van der Waals surface area (Å²) in [5.41, 5.74) is 2.61. The fraction of sp³-hybridized carbons (Fsp3) is 0.483. The largest absolute Gasteiger partial charge is 0.444 e. The average Bonchev–Trinajstić information content (AvgIpc) is 2.82. The molecule has 0 radical (unpaired) electrons. The van der Waals surface area contributed by atoms with Crippen molar-refractivity contribution in [2.75, 3.05) is 13.2 Å². The number of alkyl carbamates (subject to hydrolysis) is 1. The molecule has 0 aliphatic carbocycles. The zero-order valence-electron chi connectivity index (χ0n) is 23.0. The van der Waals surface area contributed by atoms with E-state index in [1.807, 2.05) is 62.4 Å². The van der Waals surface area contributed by atoms with Crippen molar-refractivity contribution in [2.45, 2.75) is 72.7 Å². The first-order valence-corrected chi connectivity index (χ1v) is 12.6. The van der Waals surface area contributed by atoms with Crippen molar-refractivity contribution in [1.82, 2.24) is 15.5 Å². The number of aliphatic hydroxyl groups is 1. The monoisotopic (exact) mass is 511 g/mol. The van der Waals surface area contributed by atoms with E-state index in [0.717, 1.165) is 16.7 Å². The summed E-state index contributed by atoms with van der Waals surface area (Å²) in [5, 5.41) is 15.5. The third-order valence-electron chi connectivity index (χ3n) is 5.83. The number of nitrogens with zero attached hydrogens (tertiary/aromatic N) is 1. The van der Waals surface area contributed by atoms with Gasteiger partial charge in [0.2, 0.25) is 11.8 Å². The molecule has 0 saturated heterocycles. The predicted octanol–water partition coefficient (Wildman–Crippen LogP) is 4.03. The van der Waals surface area contributed by atoms with Gasteiger partial charge >= 0.3 is 6.09 Å². The number of rotatable bonds is 10. The molecule has 2 aromatic rings. The quantitative estimate of drug-likeness (QED) is 0.446. The number of aliphatic hydroxyl groups excluding tert-OH is 1. The number of nitrogens with one attached hydrogen (secondary N) is 2. The van der Waals surface area contributed by atoms with Crippen LogP contribution in [-0.2, 0) is 20.9 Å². The Labute approximate surface area is 220 Å². The Morgan fingerprint density at radius 3 is 2.24 bits per heavy atom. The molecule has 202 valence electrons. The van der Waals surface area contributed by atoms with Crippen molar-refractivity contribution < 1.29 is 24.2 Å². The molecule has 37 heavy (non-hydrogen) atoms. The van der Waals surface area contributed by atoms with Crippen LogP contribution in [0.25, 0.3) is 0 Å². The van der Waals surface area contributed by atoms with Crippen LogP contribution in [0.5, 0.6) is 0 Å².